The lowest BCUT2D eigenvalue weighted by atomic mass is 10.2. The lowest BCUT2D eigenvalue weighted by molar-refractivity contribution is 0.0981. The maximum absolute atomic E-state index is 12.7. The summed E-state index contributed by atoms with van der Waals surface area (Å²) in [6, 6.07) is 9.80. The van der Waals surface area contributed by atoms with Gasteiger partial charge in [0, 0.05) is 24.2 Å². The summed E-state index contributed by atoms with van der Waals surface area (Å²) in [6.45, 7) is 1.16. The molecular weight excluding hydrogens is 270 g/mol. The molecule has 1 aromatic carbocycles. The number of thiazole rings is 1. The standard InChI is InChI=1S/C15H17N3OS/c16-8-14-17-13(10-20-14)15(19)18(9-11-6-7-11)12-4-2-1-3-5-12/h1-5,10-11H,6-9,16H2. The van der Waals surface area contributed by atoms with Gasteiger partial charge in [0.05, 0.1) is 0 Å². The molecule has 1 fully saturated rings. The van der Waals surface area contributed by atoms with E-state index in [-0.39, 0.29) is 5.91 Å². The summed E-state index contributed by atoms with van der Waals surface area (Å²) in [7, 11) is 0. The fourth-order valence-corrected chi connectivity index (χ4v) is 2.76. The van der Waals surface area contributed by atoms with Crippen LogP contribution in [-0.2, 0) is 6.54 Å². The van der Waals surface area contributed by atoms with E-state index >= 15 is 0 Å². The highest BCUT2D eigenvalue weighted by Gasteiger charge is 2.29. The molecule has 1 saturated carbocycles. The predicted octanol–water partition coefficient (Wildman–Crippen LogP) is 2.66. The van der Waals surface area contributed by atoms with Crippen LogP contribution < -0.4 is 10.6 Å². The molecule has 4 nitrogen and oxygen atoms in total. The number of carbonyl (C=O) groups excluding carboxylic acids is 1. The van der Waals surface area contributed by atoms with Crippen LogP contribution in [0.4, 0.5) is 5.69 Å². The maximum Gasteiger partial charge on any atom is 0.277 e. The molecular formula is C15H17N3OS. The number of anilines is 1. The van der Waals surface area contributed by atoms with Gasteiger partial charge >= 0.3 is 0 Å². The van der Waals surface area contributed by atoms with Crippen LogP contribution in [0.2, 0.25) is 0 Å². The highest BCUT2D eigenvalue weighted by molar-refractivity contribution is 7.09. The third-order valence-electron chi connectivity index (χ3n) is 3.40. The van der Waals surface area contributed by atoms with Crippen molar-refractivity contribution < 1.29 is 4.79 Å². The Morgan fingerprint density at radius 2 is 2.10 bits per heavy atom. The van der Waals surface area contributed by atoms with Gasteiger partial charge in [0.2, 0.25) is 0 Å². The molecule has 1 aromatic heterocycles. The van der Waals surface area contributed by atoms with Crippen LogP contribution in [0.1, 0.15) is 28.3 Å². The number of hydrogen-bond acceptors (Lipinski definition) is 4. The Morgan fingerprint density at radius 3 is 2.70 bits per heavy atom. The quantitative estimate of drug-likeness (QED) is 0.919. The van der Waals surface area contributed by atoms with E-state index in [0.717, 1.165) is 17.2 Å². The van der Waals surface area contributed by atoms with Gasteiger partial charge in [0.1, 0.15) is 10.7 Å². The molecule has 1 amide bonds. The van der Waals surface area contributed by atoms with Crippen LogP contribution in [0.15, 0.2) is 35.7 Å². The summed E-state index contributed by atoms with van der Waals surface area (Å²) in [6.07, 6.45) is 2.42. The van der Waals surface area contributed by atoms with Crippen LogP contribution in [0.25, 0.3) is 0 Å². The number of nitrogens with two attached hydrogens (primary N) is 1. The number of benzene rings is 1. The monoisotopic (exact) mass is 287 g/mol. The van der Waals surface area contributed by atoms with Gasteiger partial charge in [-0.05, 0) is 30.9 Å². The van der Waals surface area contributed by atoms with E-state index in [4.69, 9.17) is 5.73 Å². The van der Waals surface area contributed by atoms with Gasteiger partial charge in [-0.25, -0.2) is 4.98 Å². The maximum atomic E-state index is 12.7. The normalized spacial score (nSPS) is 14.2. The van der Waals surface area contributed by atoms with E-state index < -0.39 is 0 Å². The van der Waals surface area contributed by atoms with Crippen LogP contribution >= 0.6 is 11.3 Å². The van der Waals surface area contributed by atoms with E-state index in [1.165, 1.54) is 24.2 Å². The number of rotatable bonds is 5. The van der Waals surface area contributed by atoms with Crippen molar-refractivity contribution in [1.29, 1.82) is 0 Å². The van der Waals surface area contributed by atoms with Crippen LogP contribution in [0.3, 0.4) is 0 Å². The summed E-state index contributed by atoms with van der Waals surface area (Å²) >= 11 is 1.44. The minimum atomic E-state index is -0.0287. The SMILES string of the molecule is NCc1nc(C(=O)N(CC2CC2)c2ccccc2)cs1. The molecule has 0 bridgehead atoms. The Labute approximate surface area is 122 Å². The van der Waals surface area contributed by atoms with Gasteiger partial charge in [-0.1, -0.05) is 18.2 Å². The second-order valence-electron chi connectivity index (χ2n) is 5.03. The van der Waals surface area contributed by atoms with E-state index in [1.807, 2.05) is 35.2 Å². The molecule has 0 saturated heterocycles. The lowest BCUT2D eigenvalue weighted by Crippen LogP contribution is -2.33. The zero-order chi connectivity index (χ0) is 13.9. The Hall–Kier alpha value is -1.72. The summed E-state index contributed by atoms with van der Waals surface area (Å²) in [5, 5.41) is 2.60. The van der Waals surface area contributed by atoms with Crippen molar-refractivity contribution in [3.05, 3.63) is 46.4 Å². The molecule has 0 atom stereocenters. The van der Waals surface area contributed by atoms with Gasteiger partial charge in [-0.2, -0.15) is 0 Å². The van der Waals surface area contributed by atoms with Gasteiger partial charge in [-0.3, -0.25) is 4.79 Å². The number of aromatic nitrogens is 1. The number of hydrogen-bond donors (Lipinski definition) is 1. The van der Waals surface area contributed by atoms with E-state index in [2.05, 4.69) is 4.98 Å². The average Bonchev–Trinajstić information content (AvgIpc) is 3.19. The van der Waals surface area contributed by atoms with E-state index in [0.29, 0.717) is 18.2 Å². The van der Waals surface area contributed by atoms with Crippen molar-refractivity contribution >= 4 is 22.9 Å². The third kappa shape index (κ3) is 2.89. The van der Waals surface area contributed by atoms with Crippen LogP contribution in [0, 0.1) is 5.92 Å². The number of para-hydroxylation sites is 1. The Balaban J connectivity index is 1.86. The molecule has 1 aliphatic carbocycles. The molecule has 0 spiro atoms. The third-order valence-corrected chi connectivity index (χ3v) is 4.27. The predicted molar refractivity (Wildman–Crippen MR) is 80.8 cm³/mol. The van der Waals surface area contributed by atoms with E-state index in [9.17, 15) is 4.79 Å². The molecule has 0 aliphatic heterocycles. The van der Waals surface area contributed by atoms with Crippen molar-refractivity contribution in [3.63, 3.8) is 0 Å². The first kappa shape index (κ1) is 13.3. The fourth-order valence-electron chi connectivity index (χ4n) is 2.11. The molecule has 5 heteroatoms. The zero-order valence-corrected chi connectivity index (χ0v) is 12.0. The zero-order valence-electron chi connectivity index (χ0n) is 11.2. The molecule has 0 radical (unpaired) electrons. The van der Waals surface area contributed by atoms with E-state index in [1.54, 1.807) is 5.38 Å². The largest absolute Gasteiger partial charge is 0.325 e. The molecule has 1 aliphatic rings. The molecule has 2 aromatic rings. The van der Waals surface area contributed by atoms with Crippen molar-refractivity contribution in [2.75, 3.05) is 11.4 Å². The molecule has 104 valence electrons. The first-order chi connectivity index (χ1) is 9.78. The minimum Gasteiger partial charge on any atom is -0.325 e. The van der Waals surface area contributed by atoms with Gasteiger partial charge in [0.15, 0.2) is 0 Å². The fraction of sp³-hybridized carbons (Fsp3) is 0.333. The molecule has 20 heavy (non-hydrogen) atoms. The van der Waals surface area contributed by atoms with Crippen LogP contribution in [0.5, 0.6) is 0 Å². The van der Waals surface area contributed by atoms with Gasteiger partial charge < -0.3 is 10.6 Å². The molecule has 0 unspecified atom stereocenters. The lowest BCUT2D eigenvalue weighted by Gasteiger charge is -2.21. The minimum absolute atomic E-state index is 0.0287. The molecule has 2 N–H and O–H groups in total. The van der Waals surface area contributed by atoms with Crippen molar-refractivity contribution in [2.24, 2.45) is 11.7 Å². The van der Waals surface area contributed by atoms with Crippen molar-refractivity contribution in [3.8, 4) is 0 Å². The summed E-state index contributed by atoms with van der Waals surface area (Å²) < 4.78 is 0. The van der Waals surface area contributed by atoms with Gasteiger partial charge in [-0.15, -0.1) is 11.3 Å². The van der Waals surface area contributed by atoms with Gasteiger partial charge in [0.25, 0.3) is 5.91 Å². The second-order valence-corrected chi connectivity index (χ2v) is 5.97. The highest BCUT2D eigenvalue weighted by Crippen LogP contribution is 2.32. The number of nitrogens with zero attached hydrogens (tertiary/aromatic N) is 2. The topological polar surface area (TPSA) is 59.2 Å². The Kier molecular flexibility index (Phi) is 3.80. The van der Waals surface area contributed by atoms with Crippen LogP contribution in [-0.4, -0.2) is 17.4 Å². The Morgan fingerprint density at radius 1 is 1.35 bits per heavy atom. The summed E-state index contributed by atoms with van der Waals surface area (Å²) in [5.74, 6) is 0.603. The van der Waals surface area contributed by atoms with Crippen molar-refractivity contribution in [1.82, 2.24) is 4.98 Å². The first-order valence-corrected chi connectivity index (χ1v) is 7.67. The molecule has 1 heterocycles. The van der Waals surface area contributed by atoms with Crippen molar-refractivity contribution in [2.45, 2.75) is 19.4 Å². The average molecular weight is 287 g/mol. The Bertz CT molecular complexity index is 592. The second kappa shape index (κ2) is 5.73. The number of carbonyl (C=O) groups is 1. The summed E-state index contributed by atoms with van der Waals surface area (Å²) in [5.41, 5.74) is 7.00. The summed E-state index contributed by atoms with van der Waals surface area (Å²) in [4.78, 5) is 18.8. The number of amides is 1. The highest BCUT2D eigenvalue weighted by atomic mass is 32.1. The molecule has 3 rings (SSSR count). The smallest absolute Gasteiger partial charge is 0.277 e. The first-order valence-electron chi connectivity index (χ1n) is 6.79.